The molecule has 0 aliphatic carbocycles. The first-order chi connectivity index (χ1) is 17.6. The molecule has 0 unspecified atom stereocenters. The Balaban J connectivity index is 1.62. The van der Waals surface area contributed by atoms with E-state index in [1.807, 2.05) is 19.0 Å². The molecular formula is C25H25Cl2N5O4S. The van der Waals surface area contributed by atoms with E-state index in [0.29, 0.717) is 39.0 Å². The van der Waals surface area contributed by atoms with Gasteiger partial charge >= 0.3 is 0 Å². The number of likely N-dealkylation sites (N-methyl/N-ethyl adjacent to an activating group) is 1. The third-order valence-corrected chi connectivity index (χ3v) is 7.55. The number of hydrogen-bond acceptors (Lipinski definition) is 8. The van der Waals surface area contributed by atoms with E-state index in [0.717, 1.165) is 12.1 Å². The van der Waals surface area contributed by atoms with Crippen LogP contribution in [0.2, 0.25) is 10.0 Å². The summed E-state index contributed by atoms with van der Waals surface area (Å²) in [6.45, 7) is 2.89. The van der Waals surface area contributed by atoms with Crippen molar-refractivity contribution in [2.24, 2.45) is 0 Å². The average molecular weight is 562 g/mol. The van der Waals surface area contributed by atoms with Gasteiger partial charge in [0.25, 0.3) is 15.9 Å². The summed E-state index contributed by atoms with van der Waals surface area (Å²) in [5.74, 6) is 0.457. The highest BCUT2D eigenvalue weighted by Gasteiger charge is 2.22. The van der Waals surface area contributed by atoms with Crippen LogP contribution in [0.5, 0.6) is 11.6 Å². The fourth-order valence-corrected chi connectivity index (χ4v) is 5.03. The minimum atomic E-state index is -4.04. The van der Waals surface area contributed by atoms with Crippen molar-refractivity contribution in [1.29, 1.82) is 0 Å². The summed E-state index contributed by atoms with van der Waals surface area (Å²) in [6, 6.07) is 11.6. The highest BCUT2D eigenvalue weighted by Crippen LogP contribution is 2.30. The third kappa shape index (κ3) is 6.58. The van der Waals surface area contributed by atoms with E-state index < -0.39 is 10.0 Å². The minimum absolute atomic E-state index is 0.00576. The van der Waals surface area contributed by atoms with E-state index in [-0.39, 0.29) is 23.2 Å². The van der Waals surface area contributed by atoms with Crippen molar-refractivity contribution in [2.75, 3.05) is 32.0 Å². The van der Waals surface area contributed by atoms with Gasteiger partial charge in [-0.15, -0.1) is 0 Å². The number of anilines is 1. The molecule has 0 saturated heterocycles. The van der Waals surface area contributed by atoms with Crippen molar-refractivity contribution in [2.45, 2.75) is 18.4 Å². The fourth-order valence-electron chi connectivity index (χ4n) is 3.36. The molecule has 12 heteroatoms. The Kier molecular flexibility index (Phi) is 8.33. The molecule has 1 N–H and O–H groups in total. The van der Waals surface area contributed by atoms with Gasteiger partial charge in [0.05, 0.1) is 21.6 Å². The number of sulfonamides is 1. The molecule has 2 aromatic heterocycles. The SMILES string of the molecule is Cc1c(Cl)cccc1S(=O)(=O)Nc1nc2ccncc2nc1OCc1ccc(Cl)c(OCCN(C)C)c1. The number of pyridine rings is 1. The van der Waals surface area contributed by atoms with Crippen LogP contribution in [0.25, 0.3) is 11.0 Å². The molecule has 2 heterocycles. The van der Waals surface area contributed by atoms with Gasteiger partial charge in [0.2, 0.25) is 5.82 Å². The summed E-state index contributed by atoms with van der Waals surface area (Å²) in [6.07, 6.45) is 3.07. The molecule has 0 aliphatic rings. The first kappa shape index (κ1) is 26.9. The topological polar surface area (TPSA) is 107 Å². The van der Waals surface area contributed by atoms with Gasteiger partial charge in [0.1, 0.15) is 24.5 Å². The Bertz CT molecular complexity index is 1530. The number of rotatable bonds is 10. The summed E-state index contributed by atoms with van der Waals surface area (Å²) in [5.41, 5.74) is 2.06. The molecule has 2 aromatic carbocycles. The monoisotopic (exact) mass is 561 g/mol. The Morgan fingerprint density at radius 2 is 1.81 bits per heavy atom. The van der Waals surface area contributed by atoms with Gasteiger partial charge in [-0.1, -0.05) is 35.3 Å². The van der Waals surface area contributed by atoms with E-state index in [2.05, 4.69) is 19.7 Å². The maximum Gasteiger partial charge on any atom is 0.263 e. The zero-order valence-corrected chi connectivity index (χ0v) is 22.7. The van der Waals surface area contributed by atoms with Gasteiger partial charge in [0.15, 0.2) is 0 Å². The minimum Gasteiger partial charge on any atom is -0.491 e. The molecule has 4 aromatic rings. The fraction of sp³-hybridized carbons (Fsp3) is 0.240. The highest BCUT2D eigenvalue weighted by molar-refractivity contribution is 7.92. The molecule has 4 rings (SSSR count). The maximum atomic E-state index is 13.2. The molecule has 0 fully saturated rings. The Morgan fingerprint density at radius 3 is 2.59 bits per heavy atom. The van der Waals surface area contributed by atoms with Crippen LogP contribution in [-0.4, -0.2) is 55.5 Å². The van der Waals surface area contributed by atoms with E-state index in [1.54, 1.807) is 49.5 Å². The van der Waals surface area contributed by atoms with Crippen molar-refractivity contribution < 1.29 is 17.9 Å². The van der Waals surface area contributed by atoms with Crippen molar-refractivity contribution in [1.82, 2.24) is 19.9 Å². The summed E-state index contributed by atoms with van der Waals surface area (Å²) in [5, 5.41) is 0.811. The largest absolute Gasteiger partial charge is 0.491 e. The molecular weight excluding hydrogens is 537 g/mol. The van der Waals surface area contributed by atoms with Gasteiger partial charge in [-0.2, -0.15) is 0 Å². The van der Waals surface area contributed by atoms with E-state index in [9.17, 15) is 8.42 Å². The lowest BCUT2D eigenvalue weighted by molar-refractivity contribution is 0.259. The zero-order chi connectivity index (χ0) is 26.6. The van der Waals surface area contributed by atoms with Crippen LogP contribution in [0.4, 0.5) is 5.82 Å². The normalized spacial score (nSPS) is 11.6. The second-order valence-corrected chi connectivity index (χ2v) is 10.9. The van der Waals surface area contributed by atoms with Crippen LogP contribution in [0.1, 0.15) is 11.1 Å². The van der Waals surface area contributed by atoms with Gasteiger partial charge in [-0.05, 0) is 62.5 Å². The van der Waals surface area contributed by atoms with Crippen LogP contribution in [-0.2, 0) is 16.6 Å². The van der Waals surface area contributed by atoms with E-state index in [4.69, 9.17) is 32.7 Å². The van der Waals surface area contributed by atoms with Crippen LogP contribution in [0.3, 0.4) is 0 Å². The van der Waals surface area contributed by atoms with Crippen molar-refractivity contribution in [3.63, 3.8) is 0 Å². The molecule has 0 atom stereocenters. The molecule has 0 saturated carbocycles. The van der Waals surface area contributed by atoms with Gasteiger partial charge in [-0.25, -0.2) is 18.4 Å². The Labute approximate surface area is 225 Å². The van der Waals surface area contributed by atoms with Crippen LogP contribution in [0, 0.1) is 6.92 Å². The van der Waals surface area contributed by atoms with E-state index in [1.165, 1.54) is 12.3 Å². The van der Waals surface area contributed by atoms with Crippen molar-refractivity contribution in [3.8, 4) is 11.6 Å². The van der Waals surface area contributed by atoms with Crippen molar-refractivity contribution >= 4 is 50.1 Å². The summed E-state index contributed by atoms with van der Waals surface area (Å²) >= 11 is 12.4. The average Bonchev–Trinajstić information content (AvgIpc) is 2.85. The predicted molar refractivity (Wildman–Crippen MR) is 144 cm³/mol. The molecule has 0 radical (unpaired) electrons. The number of hydrogen-bond donors (Lipinski definition) is 1. The number of ether oxygens (including phenoxy) is 2. The molecule has 37 heavy (non-hydrogen) atoms. The van der Waals surface area contributed by atoms with Gasteiger partial charge in [-0.3, -0.25) is 9.71 Å². The zero-order valence-electron chi connectivity index (χ0n) is 20.4. The summed E-state index contributed by atoms with van der Waals surface area (Å²) in [7, 11) is -0.138. The standard InChI is InChI=1S/C25H25Cl2N5O4S/c1-16-18(26)5-4-6-23(16)37(33,34)31-24-25(30-21-14-28-10-9-20(21)29-24)36-15-17-7-8-19(27)22(13-17)35-12-11-32(2)3/h4-10,13-14H,11-12,15H2,1-3H3,(H,29,31). The summed E-state index contributed by atoms with van der Waals surface area (Å²) in [4.78, 5) is 15.0. The van der Waals surface area contributed by atoms with Crippen LogP contribution >= 0.6 is 23.2 Å². The Morgan fingerprint density at radius 1 is 1.00 bits per heavy atom. The number of nitrogens with zero attached hydrogens (tertiary/aromatic N) is 4. The molecule has 0 bridgehead atoms. The number of halogens is 2. The smallest absolute Gasteiger partial charge is 0.263 e. The number of fused-ring (bicyclic) bond motifs is 1. The second kappa shape index (κ2) is 11.5. The lowest BCUT2D eigenvalue weighted by atomic mass is 10.2. The summed E-state index contributed by atoms with van der Waals surface area (Å²) < 4.78 is 40.7. The van der Waals surface area contributed by atoms with E-state index >= 15 is 0 Å². The number of nitrogens with one attached hydrogen (secondary N) is 1. The quantitative estimate of drug-likeness (QED) is 0.289. The number of aromatic nitrogens is 3. The second-order valence-electron chi connectivity index (χ2n) is 8.42. The van der Waals surface area contributed by atoms with Gasteiger partial charge in [0, 0.05) is 17.8 Å². The van der Waals surface area contributed by atoms with Crippen LogP contribution < -0.4 is 14.2 Å². The molecule has 9 nitrogen and oxygen atoms in total. The Hall–Kier alpha value is -3.18. The first-order valence-corrected chi connectivity index (χ1v) is 13.5. The first-order valence-electron chi connectivity index (χ1n) is 11.2. The van der Waals surface area contributed by atoms with Crippen LogP contribution in [0.15, 0.2) is 59.8 Å². The maximum absolute atomic E-state index is 13.2. The van der Waals surface area contributed by atoms with Gasteiger partial charge < -0.3 is 14.4 Å². The molecule has 0 amide bonds. The molecule has 0 spiro atoms. The lowest BCUT2D eigenvalue weighted by Gasteiger charge is -2.15. The lowest BCUT2D eigenvalue weighted by Crippen LogP contribution is -2.19. The number of benzene rings is 2. The molecule has 0 aliphatic heterocycles. The highest BCUT2D eigenvalue weighted by atomic mass is 35.5. The third-order valence-electron chi connectivity index (χ3n) is 5.34. The predicted octanol–water partition coefficient (Wildman–Crippen LogP) is 4.96. The molecule has 194 valence electrons. The van der Waals surface area contributed by atoms with Crippen molar-refractivity contribution in [3.05, 3.63) is 76.0 Å².